The van der Waals surface area contributed by atoms with Crippen molar-refractivity contribution in [1.82, 2.24) is 10.2 Å². The van der Waals surface area contributed by atoms with Crippen LogP contribution in [0.3, 0.4) is 0 Å². The molecule has 1 atom stereocenters. The van der Waals surface area contributed by atoms with Crippen LogP contribution in [0.4, 0.5) is 0 Å². The Balaban J connectivity index is 1.46. The van der Waals surface area contributed by atoms with Gasteiger partial charge in [0.2, 0.25) is 5.91 Å². The number of benzene rings is 1. The van der Waals surface area contributed by atoms with Gasteiger partial charge in [-0.25, -0.2) is 0 Å². The summed E-state index contributed by atoms with van der Waals surface area (Å²) in [5.41, 5.74) is 1.36. The molecule has 1 N–H and O–H groups in total. The summed E-state index contributed by atoms with van der Waals surface area (Å²) in [5, 5.41) is 3.22. The molecule has 1 saturated heterocycles. The average Bonchev–Trinajstić information content (AvgIpc) is 2.75. The van der Waals surface area contributed by atoms with Gasteiger partial charge in [-0.2, -0.15) is 0 Å². The van der Waals surface area contributed by atoms with Gasteiger partial charge in [-0.15, -0.1) is 0 Å². The maximum atomic E-state index is 11.9. The number of carbonyl (C=O) groups is 1. The molecule has 102 valence electrons. The molecule has 2 aliphatic rings. The number of carbonyl (C=O) groups excluding carboxylic acids is 1. The van der Waals surface area contributed by atoms with Gasteiger partial charge in [0.15, 0.2) is 0 Å². The molecule has 1 amide bonds. The van der Waals surface area contributed by atoms with Gasteiger partial charge in [-0.05, 0) is 24.8 Å². The first-order chi connectivity index (χ1) is 9.31. The lowest BCUT2D eigenvalue weighted by Gasteiger charge is -2.26. The zero-order valence-corrected chi connectivity index (χ0v) is 11.3. The van der Waals surface area contributed by atoms with Gasteiger partial charge in [0.25, 0.3) is 0 Å². The maximum Gasteiger partial charge on any atom is 0.223 e. The number of likely N-dealkylation sites (tertiary alicyclic amines) is 1. The van der Waals surface area contributed by atoms with E-state index in [1.54, 1.807) is 0 Å². The fourth-order valence-corrected chi connectivity index (χ4v) is 2.93. The van der Waals surface area contributed by atoms with E-state index in [9.17, 15) is 4.79 Å². The minimum atomic E-state index is 0.290. The van der Waals surface area contributed by atoms with Crippen molar-refractivity contribution in [1.29, 1.82) is 0 Å². The highest BCUT2D eigenvalue weighted by Gasteiger charge is 2.29. The number of nitrogens with one attached hydrogen (secondary N) is 1. The Morgan fingerprint density at radius 3 is 2.68 bits per heavy atom. The summed E-state index contributed by atoms with van der Waals surface area (Å²) in [6.45, 7) is 3.08. The molecular formula is C16H22N2O. The molecule has 0 radical (unpaired) electrons. The largest absolute Gasteiger partial charge is 0.352 e. The second kappa shape index (κ2) is 5.74. The standard InChI is InChI=1S/C16H22N2O/c19-16(14-7-4-8-14)17-15-9-10-18(12-15)11-13-5-2-1-3-6-13/h1-3,5-6,14-15H,4,7-12H2,(H,17,19)/t15-/m0/s1. The van der Waals surface area contributed by atoms with E-state index < -0.39 is 0 Å². The molecule has 3 heteroatoms. The first-order valence-electron chi connectivity index (χ1n) is 7.38. The molecule has 1 aliphatic carbocycles. The van der Waals surface area contributed by atoms with Gasteiger partial charge in [0.05, 0.1) is 0 Å². The van der Waals surface area contributed by atoms with Crippen LogP contribution in [0.15, 0.2) is 30.3 Å². The summed E-state index contributed by atoms with van der Waals surface area (Å²) in [4.78, 5) is 14.3. The van der Waals surface area contributed by atoms with Gasteiger partial charge in [0.1, 0.15) is 0 Å². The smallest absolute Gasteiger partial charge is 0.223 e. The molecule has 1 heterocycles. The molecule has 0 bridgehead atoms. The molecule has 0 unspecified atom stereocenters. The minimum absolute atomic E-state index is 0.290. The van der Waals surface area contributed by atoms with Gasteiger partial charge >= 0.3 is 0 Å². The second-order valence-electron chi connectivity index (χ2n) is 5.84. The quantitative estimate of drug-likeness (QED) is 0.897. The predicted molar refractivity (Wildman–Crippen MR) is 75.6 cm³/mol. The molecule has 0 aromatic heterocycles. The van der Waals surface area contributed by atoms with Crippen molar-refractivity contribution in [3.63, 3.8) is 0 Å². The second-order valence-corrected chi connectivity index (χ2v) is 5.84. The molecule has 1 aliphatic heterocycles. The van der Waals surface area contributed by atoms with Crippen molar-refractivity contribution in [2.45, 2.75) is 38.3 Å². The van der Waals surface area contributed by atoms with Crippen molar-refractivity contribution in [2.75, 3.05) is 13.1 Å². The fourth-order valence-electron chi connectivity index (χ4n) is 2.93. The molecule has 3 nitrogen and oxygen atoms in total. The third-order valence-electron chi connectivity index (χ3n) is 4.34. The Bertz CT molecular complexity index is 428. The fraction of sp³-hybridized carbons (Fsp3) is 0.562. The summed E-state index contributed by atoms with van der Waals surface area (Å²) in [6, 6.07) is 10.9. The maximum absolute atomic E-state index is 11.9. The Kier molecular flexibility index (Phi) is 3.83. The van der Waals surface area contributed by atoms with E-state index >= 15 is 0 Å². The number of amides is 1. The van der Waals surface area contributed by atoms with Crippen LogP contribution in [0.25, 0.3) is 0 Å². The molecule has 1 aromatic carbocycles. The highest BCUT2D eigenvalue weighted by atomic mass is 16.2. The number of nitrogens with zero attached hydrogens (tertiary/aromatic N) is 1. The molecular weight excluding hydrogens is 236 g/mol. The molecule has 2 fully saturated rings. The van der Waals surface area contributed by atoms with E-state index in [2.05, 4.69) is 40.5 Å². The molecule has 19 heavy (non-hydrogen) atoms. The Labute approximate surface area is 115 Å². The van der Waals surface area contributed by atoms with Crippen molar-refractivity contribution in [3.8, 4) is 0 Å². The van der Waals surface area contributed by atoms with E-state index in [0.717, 1.165) is 38.9 Å². The Morgan fingerprint density at radius 2 is 2.00 bits per heavy atom. The first-order valence-corrected chi connectivity index (χ1v) is 7.38. The van der Waals surface area contributed by atoms with E-state index in [-0.39, 0.29) is 5.91 Å². The van der Waals surface area contributed by atoms with Crippen LogP contribution in [0.1, 0.15) is 31.2 Å². The highest BCUT2D eigenvalue weighted by Crippen LogP contribution is 2.26. The van der Waals surface area contributed by atoms with Gasteiger partial charge in [-0.1, -0.05) is 36.8 Å². The van der Waals surface area contributed by atoms with E-state index in [1.165, 1.54) is 12.0 Å². The van der Waals surface area contributed by atoms with Crippen LogP contribution < -0.4 is 5.32 Å². The Hall–Kier alpha value is -1.35. The monoisotopic (exact) mass is 258 g/mol. The number of hydrogen-bond donors (Lipinski definition) is 1. The number of rotatable bonds is 4. The van der Waals surface area contributed by atoms with Crippen molar-refractivity contribution in [3.05, 3.63) is 35.9 Å². The average molecular weight is 258 g/mol. The molecule has 3 rings (SSSR count). The topological polar surface area (TPSA) is 32.3 Å². The SMILES string of the molecule is O=C(N[C@H]1CCN(Cc2ccccc2)C1)C1CCC1. The zero-order chi connectivity index (χ0) is 13.1. The molecule has 1 saturated carbocycles. The van der Waals surface area contributed by atoms with Crippen molar-refractivity contribution in [2.24, 2.45) is 5.92 Å². The normalized spacial score (nSPS) is 24.1. The first kappa shape index (κ1) is 12.7. The lowest BCUT2D eigenvalue weighted by atomic mass is 9.84. The third kappa shape index (κ3) is 3.16. The summed E-state index contributed by atoms with van der Waals surface area (Å²) in [6.07, 6.45) is 4.49. The summed E-state index contributed by atoms with van der Waals surface area (Å²) < 4.78 is 0. The van der Waals surface area contributed by atoms with Gasteiger partial charge in [0, 0.05) is 31.6 Å². The summed E-state index contributed by atoms with van der Waals surface area (Å²) in [7, 11) is 0. The predicted octanol–water partition coefficient (Wildman–Crippen LogP) is 2.18. The summed E-state index contributed by atoms with van der Waals surface area (Å²) in [5.74, 6) is 0.598. The number of hydrogen-bond acceptors (Lipinski definition) is 2. The highest BCUT2D eigenvalue weighted by molar-refractivity contribution is 5.79. The minimum Gasteiger partial charge on any atom is -0.352 e. The van der Waals surface area contributed by atoms with Crippen LogP contribution in [0, 0.1) is 5.92 Å². The van der Waals surface area contributed by atoms with E-state index in [4.69, 9.17) is 0 Å². The van der Waals surface area contributed by atoms with E-state index in [1.807, 2.05) is 0 Å². The molecule has 1 aromatic rings. The van der Waals surface area contributed by atoms with Gasteiger partial charge in [-0.3, -0.25) is 9.69 Å². The molecule has 0 spiro atoms. The third-order valence-corrected chi connectivity index (χ3v) is 4.34. The van der Waals surface area contributed by atoms with Crippen LogP contribution in [-0.2, 0) is 11.3 Å². The lowest BCUT2D eigenvalue weighted by molar-refractivity contribution is -0.128. The van der Waals surface area contributed by atoms with Crippen molar-refractivity contribution < 1.29 is 4.79 Å². The Morgan fingerprint density at radius 1 is 1.21 bits per heavy atom. The zero-order valence-electron chi connectivity index (χ0n) is 11.3. The van der Waals surface area contributed by atoms with Crippen LogP contribution in [-0.4, -0.2) is 29.9 Å². The van der Waals surface area contributed by atoms with Crippen LogP contribution in [0.5, 0.6) is 0 Å². The summed E-state index contributed by atoms with van der Waals surface area (Å²) >= 11 is 0. The lowest BCUT2D eigenvalue weighted by Crippen LogP contribution is -2.42. The van der Waals surface area contributed by atoms with Crippen LogP contribution >= 0.6 is 0 Å². The van der Waals surface area contributed by atoms with Crippen molar-refractivity contribution >= 4 is 5.91 Å². The van der Waals surface area contributed by atoms with Crippen LogP contribution in [0.2, 0.25) is 0 Å². The van der Waals surface area contributed by atoms with E-state index in [0.29, 0.717) is 12.0 Å². The van der Waals surface area contributed by atoms with Gasteiger partial charge < -0.3 is 5.32 Å².